The Morgan fingerprint density at radius 2 is 1.73 bits per heavy atom. The number of ether oxygens (including phenoxy) is 3. The van der Waals surface area contributed by atoms with E-state index >= 15 is 0 Å². The first-order valence-corrected chi connectivity index (χ1v) is 10.7. The van der Waals surface area contributed by atoms with E-state index in [2.05, 4.69) is 29.2 Å². The number of rotatable bonds is 6. The molecule has 4 rings (SSSR count). The number of hydrogen-bond acceptors (Lipinski definition) is 5. The molecule has 6 heteroatoms. The molecule has 2 heterocycles. The van der Waals surface area contributed by atoms with Gasteiger partial charge in [-0.15, -0.1) is 0 Å². The smallest absolute Gasteiger partial charge is 0.254 e. The van der Waals surface area contributed by atoms with Crippen molar-refractivity contribution in [1.29, 1.82) is 0 Å². The fraction of sp³-hybridized carbons (Fsp3) is 0.458. The van der Waals surface area contributed by atoms with Gasteiger partial charge in [-0.05, 0) is 48.7 Å². The van der Waals surface area contributed by atoms with Crippen LogP contribution in [0.5, 0.6) is 11.5 Å². The summed E-state index contributed by atoms with van der Waals surface area (Å²) >= 11 is 0. The average molecular weight is 411 g/mol. The van der Waals surface area contributed by atoms with E-state index in [0.29, 0.717) is 43.4 Å². The summed E-state index contributed by atoms with van der Waals surface area (Å²) in [7, 11) is 4.04. The van der Waals surface area contributed by atoms with Gasteiger partial charge >= 0.3 is 0 Å². The first-order chi connectivity index (χ1) is 14.6. The maximum Gasteiger partial charge on any atom is 0.254 e. The van der Waals surface area contributed by atoms with E-state index in [9.17, 15) is 4.79 Å². The minimum atomic E-state index is -0.0159. The number of anilines is 1. The third kappa shape index (κ3) is 4.87. The van der Waals surface area contributed by atoms with Crippen molar-refractivity contribution in [2.75, 3.05) is 45.4 Å². The minimum Gasteiger partial charge on any atom is -0.490 e. The highest BCUT2D eigenvalue weighted by atomic mass is 16.5. The Kier molecular flexibility index (Phi) is 6.43. The number of hydrogen-bond donors (Lipinski definition) is 0. The second-order valence-corrected chi connectivity index (χ2v) is 8.09. The van der Waals surface area contributed by atoms with Crippen molar-refractivity contribution in [1.82, 2.24) is 4.90 Å². The van der Waals surface area contributed by atoms with E-state index in [0.717, 1.165) is 37.1 Å². The first-order valence-electron chi connectivity index (χ1n) is 10.7. The lowest BCUT2D eigenvalue weighted by atomic mass is 10.1. The highest BCUT2D eigenvalue weighted by Gasteiger charge is 2.25. The largest absolute Gasteiger partial charge is 0.490 e. The molecule has 0 spiro atoms. The fourth-order valence-corrected chi connectivity index (χ4v) is 3.85. The molecule has 2 aliphatic rings. The van der Waals surface area contributed by atoms with Crippen molar-refractivity contribution < 1.29 is 19.0 Å². The van der Waals surface area contributed by atoms with Gasteiger partial charge in [0.05, 0.1) is 19.3 Å². The van der Waals surface area contributed by atoms with Gasteiger partial charge in [-0.2, -0.15) is 0 Å². The molecule has 6 nitrogen and oxygen atoms in total. The summed E-state index contributed by atoms with van der Waals surface area (Å²) in [6.07, 6.45) is 2.97. The van der Waals surface area contributed by atoms with Gasteiger partial charge in [0.1, 0.15) is 0 Å². The van der Waals surface area contributed by atoms with Crippen molar-refractivity contribution in [3.8, 4) is 11.5 Å². The van der Waals surface area contributed by atoms with Gasteiger partial charge in [-0.3, -0.25) is 4.79 Å². The molecular formula is C24H30N2O4. The van der Waals surface area contributed by atoms with Gasteiger partial charge in [0.25, 0.3) is 5.91 Å². The van der Waals surface area contributed by atoms with E-state index in [4.69, 9.17) is 14.2 Å². The van der Waals surface area contributed by atoms with Gasteiger partial charge in [-0.1, -0.05) is 12.1 Å². The zero-order valence-corrected chi connectivity index (χ0v) is 17.8. The SMILES string of the molecule is CN(C)c1ccc(CN(CC2CCCO2)C(=O)c2ccc3c(c2)OCCCO3)cc1. The van der Waals surface area contributed by atoms with Crippen molar-refractivity contribution >= 4 is 11.6 Å². The first kappa shape index (κ1) is 20.5. The summed E-state index contributed by atoms with van der Waals surface area (Å²) in [6.45, 7) is 3.13. The quantitative estimate of drug-likeness (QED) is 0.726. The summed E-state index contributed by atoms with van der Waals surface area (Å²) in [6, 6.07) is 13.8. The predicted molar refractivity (Wildman–Crippen MR) is 117 cm³/mol. The molecule has 1 amide bonds. The molecule has 1 saturated heterocycles. The highest BCUT2D eigenvalue weighted by molar-refractivity contribution is 5.95. The lowest BCUT2D eigenvalue weighted by molar-refractivity contribution is 0.0507. The van der Waals surface area contributed by atoms with Gasteiger partial charge in [0, 0.05) is 51.5 Å². The fourth-order valence-electron chi connectivity index (χ4n) is 3.85. The van der Waals surface area contributed by atoms with Crippen LogP contribution in [0.15, 0.2) is 42.5 Å². The zero-order chi connectivity index (χ0) is 20.9. The standard InChI is InChI=1S/C24H30N2O4/c1-25(2)20-9-6-18(7-10-20)16-26(17-21-5-3-12-28-21)24(27)19-8-11-22-23(15-19)30-14-4-13-29-22/h6-11,15,21H,3-5,12-14,16-17H2,1-2H3. The lowest BCUT2D eigenvalue weighted by Crippen LogP contribution is -2.37. The molecule has 0 saturated carbocycles. The van der Waals surface area contributed by atoms with Crippen molar-refractivity contribution in [3.05, 3.63) is 53.6 Å². The minimum absolute atomic E-state index is 0.0159. The second kappa shape index (κ2) is 9.39. The Hall–Kier alpha value is -2.73. The van der Waals surface area contributed by atoms with Crippen LogP contribution in [0.4, 0.5) is 5.69 Å². The van der Waals surface area contributed by atoms with Crippen LogP contribution in [0.2, 0.25) is 0 Å². The third-order valence-electron chi connectivity index (χ3n) is 5.56. The Balaban J connectivity index is 1.55. The Morgan fingerprint density at radius 1 is 0.967 bits per heavy atom. The predicted octanol–water partition coefficient (Wildman–Crippen LogP) is 3.74. The van der Waals surface area contributed by atoms with Crippen LogP contribution in [0.3, 0.4) is 0 Å². The maximum atomic E-state index is 13.4. The summed E-state index contributed by atoms with van der Waals surface area (Å²) in [5.41, 5.74) is 2.85. The number of nitrogens with zero attached hydrogens (tertiary/aromatic N) is 2. The molecule has 2 aromatic rings. The van der Waals surface area contributed by atoms with Gasteiger partial charge < -0.3 is 24.0 Å². The number of amides is 1. The molecule has 160 valence electrons. The average Bonchev–Trinajstić information content (AvgIpc) is 3.15. The molecule has 0 bridgehead atoms. The van der Waals surface area contributed by atoms with Gasteiger partial charge in [0.15, 0.2) is 11.5 Å². The Bertz CT molecular complexity index is 860. The van der Waals surface area contributed by atoms with Crippen molar-refractivity contribution in [2.24, 2.45) is 0 Å². The van der Waals surface area contributed by atoms with Crippen LogP contribution in [0.25, 0.3) is 0 Å². The summed E-state index contributed by atoms with van der Waals surface area (Å²) < 4.78 is 17.3. The summed E-state index contributed by atoms with van der Waals surface area (Å²) in [4.78, 5) is 17.4. The summed E-state index contributed by atoms with van der Waals surface area (Å²) in [5.74, 6) is 1.33. The second-order valence-electron chi connectivity index (χ2n) is 8.09. The highest BCUT2D eigenvalue weighted by Crippen LogP contribution is 2.31. The molecule has 0 N–H and O–H groups in total. The van der Waals surface area contributed by atoms with Crippen molar-refractivity contribution in [2.45, 2.75) is 31.9 Å². The molecular weight excluding hydrogens is 380 g/mol. The number of carbonyl (C=O) groups is 1. The topological polar surface area (TPSA) is 51.2 Å². The third-order valence-corrected chi connectivity index (χ3v) is 5.56. The van der Waals surface area contributed by atoms with E-state index in [1.807, 2.05) is 31.1 Å². The van der Waals surface area contributed by atoms with Crippen LogP contribution >= 0.6 is 0 Å². The maximum absolute atomic E-state index is 13.4. The monoisotopic (exact) mass is 410 g/mol. The van der Waals surface area contributed by atoms with Crippen LogP contribution in [-0.4, -0.2) is 57.4 Å². The van der Waals surface area contributed by atoms with E-state index in [-0.39, 0.29) is 12.0 Å². The van der Waals surface area contributed by atoms with Gasteiger partial charge in [0.2, 0.25) is 0 Å². The number of benzene rings is 2. The molecule has 1 unspecified atom stereocenters. The van der Waals surface area contributed by atoms with Crippen LogP contribution < -0.4 is 14.4 Å². The number of fused-ring (bicyclic) bond motifs is 1. The zero-order valence-electron chi connectivity index (χ0n) is 17.8. The van der Waals surface area contributed by atoms with Crippen molar-refractivity contribution in [3.63, 3.8) is 0 Å². The molecule has 1 atom stereocenters. The molecule has 30 heavy (non-hydrogen) atoms. The molecule has 2 aliphatic heterocycles. The number of carbonyl (C=O) groups excluding carboxylic acids is 1. The lowest BCUT2D eigenvalue weighted by Gasteiger charge is -2.26. The van der Waals surface area contributed by atoms with Crippen LogP contribution in [0, 0.1) is 0 Å². The normalized spacial score (nSPS) is 18.0. The Labute approximate surface area is 178 Å². The molecule has 0 radical (unpaired) electrons. The molecule has 0 aromatic heterocycles. The van der Waals surface area contributed by atoms with Crippen LogP contribution in [-0.2, 0) is 11.3 Å². The molecule has 1 fully saturated rings. The van der Waals surface area contributed by atoms with E-state index < -0.39 is 0 Å². The summed E-state index contributed by atoms with van der Waals surface area (Å²) in [5, 5.41) is 0. The van der Waals surface area contributed by atoms with E-state index in [1.165, 1.54) is 0 Å². The molecule has 0 aliphatic carbocycles. The van der Waals surface area contributed by atoms with Gasteiger partial charge in [-0.25, -0.2) is 0 Å². The van der Waals surface area contributed by atoms with Crippen LogP contribution in [0.1, 0.15) is 35.2 Å². The molecule has 2 aromatic carbocycles. The Morgan fingerprint density at radius 3 is 2.43 bits per heavy atom. The van der Waals surface area contributed by atoms with E-state index in [1.54, 1.807) is 6.07 Å².